The summed E-state index contributed by atoms with van der Waals surface area (Å²) < 4.78 is 10.7. The summed E-state index contributed by atoms with van der Waals surface area (Å²) in [6.07, 6.45) is 20.5. The third-order valence-electron chi connectivity index (χ3n) is 10.0. The van der Waals surface area contributed by atoms with Crippen LogP contribution in [0, 0.1) is 11.8 Å². The van der Waals surface area contributed by atoms with Crippen molar-refractivity contribution in [3.63, 3.8) is 0 Å². The lowest BCUT2D eigenvalue weighted by Crippen LogP contribution is -2.40. The lowest BCUT2D eigenvalue weighted by atomic mass is 9.92. The molecule has 0 aliphatic carbocycles. The number of allylic oxidation sites excluding steroid dienone is 1. The Hall–Kier alpha value is 7.55. The molecule has 0 aromatic heterocycles. The van der Waals surface area contributed by atoms with E-state index in [1.807, 2.05) is 32.1 Å². The van der Waals surface area contributed by atoms with E-state index in [0.29, 0.717) is 12.8 Å². The van der Waals surface area contributed by atoms with E-state index in [1.54, 1.807) is 6.08 Å². The minimum atomic E-state index is -0.277. The van der Waals surface area contributed by atoms with E-state index < -0.39 is 0 Å². The molecular formula is C37H89N2O7P25. The van der Waals surface area contributed by atoms with Crippen molar-refractivity contribution < 1.29 is 33.8 Å². The van der Waals surface area contributed by atoms with E-state index >= 15 is 0 Å². The second-order valence-electron chi connectivity index (χ2n) is 16.1. The molecule has 0 spiro atoms. The number of hydrogen-bond acceptors (Lipinski definition) is 7. The first-order chi connectivity index (χ1) is 33.2. The lowest BCUT2D eigenvalue weighted by molar-refractivity contribution is -0.145. The van der Waals surface area contributed by atoms with Crippen molar-refractivity contribution in [3.8, 4) is 0 Å². The molecule has 2 aliphatic rings. The van der Waals surface area contributed by atoms with Crippen LogP contribution in [0.4, 0.5) is 0 Å². The second kappa shape index (κ2) is 48.7. The van der Waals surface area contributed by atoms with Gasteiger partial charge in [0, 0.05) is 26.7 Å². The number of aliphatic hydroxyl groups is 1. The van der Waals surface area contributed by atoms with Crippen molar-refractivity contribution in [2.75, 3.05) is 6.61 Å². The van der Waals surface area contributed by atoms with Crippen molar-refractivity contribution in [3.05, 3.63) is 47.6 Å². The first-order valence-corrected chi connectivity index (χ1v) is 66.3. The van der Waals surface area contributed by atoms with Gasteiger partial charge in [0.2, 0.25) is 11.8 Å². The number of nitrogens with one attached hydrogen (secondary N) is 2. The number of amides is 2. The summed E-state index contributed by atoms with van der Waals surface area (Å²) >= 11 is 0. The average molecular weight is 1450 g/mol. The largest absolute Gasteiger partial charge is 0.458 e. The second-order valence-corrected chi connectivity index (χ2v) is 109. The Balaban J connectivity index is 0. The molecule has 71 heavy (non-hydrogen) atoms. The van der Waals surface area contributed by atoms with Gasteiger partial charge in [-0.05, 0) is 153 Å². The molecule has 0 aromatic rings. The van der Waals surface area contributed by atoms with Crippen LogP contribution in [-0.4, -0.2) is 59.8 Å². The van der Waals surface area contributed by atoms with Crippen LogP contribution in [-0.2, 0) is 28.7 Å². The average Bonchev–Trinajstić information content (AvgIpc) is 3.25. The van der Waals surface area contributed by atoms with E-state index in [1.165, 1.54) is 19.4 Å². The Kier molecular flexibility index (Phi) is 55.4. The molecule has 2 aliphatic heterocycles. The number of aliphatic hydroxyl groups excluding tert-OH is 1. The summed E-state index contributed by atoms with van der Waals surface area (Å²) in [6, 6.07) is -0.167. The molecule has 2 amide bonds. The van der Waals surface area contributed by atoms with Crippen LogP contribution in [0.3, 0.4) is 0 Å². The molecule has 9 nitrogen and oxygen atoms in total. The maximum atomic E-state index is 12.1. The fourth-order valence-electron chi connectivity index (χ4n) is 6.73. The van der Waals surface area contributed by atoms with Gasteiger partial charge in [0.15, 0.2) is 0 Å². The van der Waals surface area contributed by atoms with Gasteiger partial charge >= 0.3 is 11.9 Å². The van der Waals surface area contributed by atoms with Crippen LogP contribution in [0.1, 0.15) is 119 Å². The van der Waals surface area contributed by atoms with Gasteiger partial charge in [0.25, 0.3) is 0 Å². The molecule has 0 fully saturated rings. The molecule has 0 saturated heterocycles. The van der Waals surface area contributed by atoms with Gasteiger partial charge in [-0.3, -0.25) is 19.2 Å². The molecule has 23 unspecified atom stereocenters. The van der Waals surface area contributed by atoms with Gasteiger partial charge in [-0.15, -0.1) is 125 Å². The van der Waals surface area contributed by atoms with Gasteiger partial charge < -0.3 is 25.2 Å². The summed E-state index contributed by atoms with van der Waals surface area (Å²) in [4.78, 5) is 46.7. The molecule has 0 saturated carbocycles. The van der Waals surface area contributed by atoms with Crippen molar-refractivity contribution in [1.29, 1.82) is 0 Å². The highest BCUT2D eigenvalue weighted by molar-refractivity contribution is 9.24. The SMILES string of the molecule is CC(=O)OC1C=CC(C)C(C(C)=CCO)NC(=O)CCCCC1.CCC=C(C)C1NC(=O)CCCCCC(OC(C)=O)C=CC1C.PP(P)P(P)P(P(P)P)P(P)P.PPP(P(P)P)P(P(P)P)P(P)P. The maximum absolute atomic E-state index is 12.1. The highest BCUT2D eigenvalue weighted by atomic mass is 33.3. The van der Waals surface area contributed by atoms with E-state index in [4.69, 9.17) is 14.6 Å². The first kappa shape index (κ1) is 80.6. The zero-order valence-electron chi connectivity index (χ0n) is 42.4. The highest BCUT2D eigenvalue weighted by Gasteiger charge is 2.29. The summed E-state index contributed by atoms with van der Waals surface area (Å²) in [5, 5.41) is 15.3. The van der Waals surface area contributed by atoms with Crippen LogP contribution >= 0.6 is 203 Å². The Bertz CT molecular complexity index is 1530. The molecule has 0 radical (unpaired) electrons. The molecule has 2 heterocycles. The van der Waals surface area contributed by atoms with Crippen LogP contribution < -0.4 is 10.6 Å². The fraction of sp³-hybridized carbons (Fsp3) is 0.676. The molecule has 23 atom stereocenters. The predicted molar refractivity (Wildman–Crippen MR) is 396 cm³/mol. The van der Waals surface area contributed by atoms with Crippen LogP contribution in [0.5, 0.6) is 0 Å². The molecule has 3 N–H and O–H groups in total. The summed E-state index contributed by atoms with van der Waals surface area (Å²) in [6.45, 7) is 14.5. The van der Waals surface area contributed by atoms with Gasteiger partial charge in [-0.2, -0.15) is 0 Å². The van der Waals surface area contributed by atoms with E-state index in [-0.39, 0.29) is 136 Å². The number of esters is 2. The molecular weight excluding hydrogens is 1360 g/mol. The number of hydrogen-bond donors (Lipinski definition) is 3. The van der Waals surface area contributed by atoms with Crippen molar-refractivity contribution in [2.24, 2.45) is 11.8 Å². The Morgan fingerprint density at radius 1 is 0.606 bits per heavy atom. The van der Waals surface area contributed by atoms with Crippen molar-refractivity contribution in [1.82, 2.24) is 10.6 Å². The monoisotopic (exact) mass is 1450 g/mol. The summed E-state index contributed by atoms with van der Waals surface area (Å²) in [5.74, 6) is -0.167. The molecule has 0 aromatic carbocycles. The topological polar surface area (TPSA) is 131 Å². The van der Waals surface area contributed by atoms with E-state index in [0.717, 1.165) is 71.3 Å². The fourth-order valence-corrected chi connectivity index (χ4v) is 236. The lowest BCUT2D eigenvalue weighted by Gasteiger charge is -2.34. The Morgan fingerprint density at radius 3 is 1.25 bits per heavy atom. The third-order valence-corrected chi connectivity index (χ3v) is 150. The number of rotatable bonds is 15. The van der Waals surface area contributed by atoms with Crippen LogP contribution in [0.25, 0.3) is 0 Å². The summed E-state index contributed by atoms with van der Waals surface area (Å²) in [5.41, 5.74) is 2.11. The first-order valence-electron chi connectivity index (χ1n) is 22.6. The smallest absolute Gasteiger partial charge is 0.303 e. The zero-order valence-corrected chi connectivity index (χ0v) is 68.5. The predicted octanol–water partition coefficient (Wildman–Crippen LogP) is 20.2. The minimum absolute atomic E-state index is 0.00361. The molecule has 2 rings (SSSR count). The van der Waals surface area contributed by atoms with Crippen molar-refractivity contribution >= 4 is 227 Å². The molecule has 0 bridgehead atoms. The maximum Gasteiger partial charge on any atom is 0.303 e. The van der Waals surface area contributed by atoms with Gasteiger partial charge in [-0.1, -0.05) is 77.0 Å². The van der Waals surface area contributed by atoms with Crippen LogP contribution in [0.15, 0.2) is 47.6 Å². The molecule has 414 valence electrons. The summed E-state index contributed by atoms with van der Waals surface area (Å²) in [7, 11) is 43.2. The number of carbonyl (C=O) groups excluding carboxylic acids is 4. The van der Waals surface area contributed by atoms with Crippen molar-refractivity contribution in [2.45, 2.75) is 143 Å². The standard InChI is InChI=1S/C19H31NO3.C18H29NO4.H15P13.H14P12/c1-5-9-14(2)19-15(3)12-13-17(23-16(4)21)10-7-6-8-11-18(22)20-19;1-13-9-10-16(23-15(3)21)7-5-4-6-8-17(22)19-18(13)14(2)11-12-20;1-8-12(9(2)3)13(10(4)5)11(6)7;1-8(2)11(7)12(9(3)4)10(5)6/h9,12-13,15,17,19H,5-8,10-11H2,1-4H3,(H,20,22);9-11,13,16,18,20H,4-8,12H2,1-3H3,(H,19,22);8H,1-7H2;1-7H2. The van der Waals surface area contributed by atoms with E-state index in [2.05, 4.69) is 169 Å². The Morgan fingerprint density at radius 2 is 0.986 bits per heavy atom. The number of ether oxygens (including phenoxy) is 2. The normalized spacial score (nSPS) is 23.4. The third kappa shape index (κ3) is 39.7. The van der Waals surface area contributed by atoms with Crippen LogP contribution in [0.2, 0.25) is 0 Å². The van der Waals surface area contributed by atoms with E-state index in [9.17, 15) is 19.2 Å². The van der Waals surface area contributed by atoms with Gasteiger partial charge in [0.1, 0.15) is 12.2 Å². The minimum Gasteiger partial charge on any atom is -0.458 e. The zero-order chi connectivity index (χ0) is 55.0. The quantitative estimate of drug-likeness (QED) is 0.0845. The van der Waals surface area contributed by atoms with Gasteiger partial charge in [0.05, 0.1) is 18.7 Å². The molecule has 34 heteroatoms. The Labute approximate surface area is 476 Å². The highest BCUT2D eigenvalue weighted by Crippen LogP contribution is 3.18. The number of carbonyl (C=O) groups is 4. The van der Waals surface area contributed by atoms with Gasteiger partial charge in [-0.25, -0.2) is 0 Å².